The number of hydrogen-bond acceptors (Lipinski definition) is 3. The predicted octanol–water partition coefficient (Wildman–Crippen LogP) is 3.41. The summed E-state index contributed by atoms with van der Waals surface area (Å²) in [5.41, 5.74) is -6.14. The van der Waals surface area contributed by atoms with E-state index in [9.17, 15) is 35.9 Å². The van der Waals surface area contributed by atoms with Crippen LogP contribution in [0.5, 0.6) is 0 Å². The van der Waals surface area contributed by atoms with Crippen LogP contribution in [-0.4, -0.2) is 15.6 Å². The molecule has 0 fully saturated rings. The number of carbonyl (C=O) groups is 1. The Kier molecular flexibility index (Phi) is 4.79. The van der Waals surface area contributed by atoms with Crippen LogP contribution in [0.4, 0.5) is 26.3 Å². The molecule has 0 amide bonds. The molecule has 29 heavy (non-hydrogen) atoms. The summed E-state index contributed by atoms with van der Waals surface area (Å²) in [6, 6.07) is 2.69. The van der Waals surface area contributed by atoms with Gasteiger partial charge in [-0.25, -0.2) is 31.0 Å². The first kappa shape index (κ1) is 19.9. The molecule has 0 saturated carbocycles. The number of nitrogens with one attached hydrogen (secondary N) is 1. The second-order valence-electron chi connectivity index (χ2n) is 5.83. The molecule has 0 aliphatic carbocycles. The van der Waals surface area contributed by atoms with Crippen molar-refractivity contribution in [2.45, 2.75) is 6.92 Å². The standard InChI is InChI=1S/C18H7F6N3O2/c1-6-11(17(28)7-2-8(19)4-9(20)3-7)18(29)27(26-6)16-14(23)12(21)10(5-25)13(22)15(16)24/h2-4,26H,1H3. The molecular formula is C18H7F6N3O2. The summed E-state index contributed by atoms with van der Waals surface area (Å²) in [6.07, 6.45) is 0. The number of benzene rings is 2. The van der Waals surface area contributed by atoms with Gasteiger partial charge in [-0.15, -0.1) is 0 Å². The van der Waals surface area contributed by atoms with Crippen molar-refractivity contribution in [1.29, 1.82) is 5.26 Å². The fourth-order valence-corrected chi connectivity index (χ4v) is 2.72. The molecule has 11 heteroatoms. The minimum Gasteiger partial charge on any atom is -0.294 e. The van der Waals surface area contributed by atoms with Crippen LogP contribution in [0.2, 0.25) is 0 Å². The lowest BCUT2D eigenvalue weighted by Gasteiger charge is -2.08. The Bertz CT molecular complexity index is 1240. The Morgan fingerprint density at radius 1 is 0.966 bits per heavy atom. The fourth-order valence-electron chi connectivity index (χ4n) is 2.72. The number of H-pyrrole nitrogens is 1. The molecule has 0 spiro atoms. The molecule has 5 nitrogen and oxygen atoms in total. The van der Waals surface area contributed by atoms with Gasteiger partial charge < -0.3 is 0 Å². The molecular weight excluding hydrogens is 404 g/mol. The number of hydrogen-bond donors (Lipinski definition) is 1. The molecule has 1 N–H and O–H groups in total. The molecule has 0 aliphatic rings. The Morgan fingerprint density at radius 3 is 1.97 bits per heavy atom. The number of rotatable bonds is 3. The highest BCUT2D eigenvalue weighted by molar-refractivity contribution is 6.09. The second kappa shape index (κ2) is 6.97. The third-order valence-corrected chi connectivity index (χ3v) is 4.00. The summed E-state index contributed by atoms with van der Waals surface area (Å²) in [5, 5.41) is 10.7. The van der Waals surface area contributed by atoms with Crippen LogP contribution in [0, 0.1) is 53.2 Å². The van der Waals surface area contributed by atoms with E-state index >= 15 is 0 Å². The summed E-state index contributed by atoms with van der Waals surface area (Å²) < 4.78 is 82.9. The lowest BCUT2D eigenvalue weighted by atomic mass is 10.0. The zero-order valence-corrected chi connectivity index (χ0v) is 14.2. The van der Waals surface area contributed by atoms with Gasteiger partial charge in [-0.05, 0) is 19.1 Å². The van der Waals surface area contributed by atoms with Crippen LogP contribution in [0.15, 0.2) is 23.0 Å². The SMILES string of the molecule is Cc1[nH]n(-c2c(F)c(F)c(C#N)c(F)c2F)c(=O)c1C(=O)c1cc(F)cc(F)c1. The highest BCUT2D eigenvalue weighted by atomic mass is 19.2. The van der Waals surface area contributed by atoms with Crippen molar-refractivity contribution in [2.24, 2.45) is 0 Å². The number of halogens is 6. The van der Waals surface area contributed by atoms with E-state index < -0.39 is 68.6 Å². The van der Waals surface area contributed by atoms with E-state index in [2.05, 4.69) is 5.10 Å². The number of aryl methyl sites for hydroxylation is 1. The second-order valence-corrected chi connectivity index (χ2v) is 5.83. The van der Waals surface area contributed by atoms with Crippen molar-refractivity contribution in [3.8, 4) is 11.8 Å². The molecule has 1 aromatic heterocycles. The number of nitriles is 1. The summed E-state index contributed by atoms with van der Waals surface area (Å²) in [4.78, 5) is 25.0. The van der Waals surface area contributed by atoms with E-state index in [0.29, 0.717) is 18.2 Å². The van der Waals surface area contributed by atoms with E-state index in [-0.39, 0.29) is 10.4 Å². The predicted molar refractivity (Wildman–Crippen MR) is 85.5 cm³/mol. The van der Waals surface area contributed by atoms with Crippen LogP contribution in [0.1, 0.15) is 27.2 Å². The lowest BCUT2D eigenvalue weighted by Crippen LogP contribution is -2.24. The maximum absolute atomic E-state index is 14.2. The Labute approximate surface area is 157 Å². The van der Waals surface area contributed by atoms with E-state index in [1.54, 1.807) is 0 Å². The van der Waals surface area contributed by atoms with Gasteiger partial charge in [-0.3, -0.25) is 14.7 Å². The van der Waals surface area contributed by atoms with Crippen LogP contribution in [0.3, 0.4) is 0 Å². The van der Waals surface area contributed by atoms with Crippen molar-refractivity contribution >= 4 is 5.78 Å². The van der Waals surface area contributed by atoms with Crippen LogP contribution < -0.4 is 5.56 Å². The molecule has 0 radical (unpaired) electrons. The number of aromatic nitrogens is 2. The lowest BCUT2D eigenvalue weighted by molar-refractivity contribution is 0.103. The monoisotopic (exact) mass is 411 g/mol. The number of aromatic amines is 1. The first-order valence-electron chi connectivity index (χ1n) is 7.67. The molecule has 0 atom stereocenters. The van der Waals surface area contributed by atoms with Crippen LogP contribution >= 0.6 is 0 Å². The molecule has 148 valence electrons. The van der Waals surface area contributed by atoms with E-state index in [4.69, 9.17) is 5.26 Å². The first-order valence-corrected chi connectivity index (χ1v) is 7.67. The van der Waals surface area contributed by atoms with Gasteiger partial charge in [0.05, 0.1) is 0 Å². The zero-order chi connectivity index (χ0) is 21.6. The van der Waals surface area contributed by atoms with Gasteiger partial charge >= 0.3 is 0 Å². The van der Waals surface area contributed by atoms with Gasteiger partial charge in [0.1, 0.15) is 34.5 Å². The highest BCUT2D eigenvalue weighted by Gasteiger charge is 2.30. The Balaban J connectivity index is 2.26. The molecule has 2 aromatic carbocycles. The van der Waals surface area contributed by atoms with E-state index in [1.807, 2.05) is 0 Å². The summed E-state index contributed by atoms with van der Waals surface area (Å²) in [5.74, 6) is -11.6. The van der Waals surface area contributed by atoms with E-state index in [0.717, 1.165) is 13.0 Å². The average Bonchev–Trinajstić information content (AvgIpc) is 2.93. The quantitative estimate of drug-likeness (QED) is 0.408. The van der Waals surface area contributed by atoms with Crippen molar-refractivity contribution < 1.29 is 31.1 Å². The number of ketones is 1. The first-order chi connectivity index (χ1) is 13.6. The van der Waals surface area contributed by atoms with E-state index in [1.165, 1.54) is 0 Å². The van der Waals surface area contributed by atoms with Crippen molar-refractivity contribution in [3.05, 3.63) is 85.8 Å². The minimum atomic E-state index is -2.06. The maximum Gasteiger partial charge on any atom is 0.282 e. The normalized spacial score (nSPS) is 10.8. The average molecular weight is 411 g/mol. The molecule has 1 heterocycles. The largest absolute Gasteiger partial charge is 0.294 e. The number of carbonyl (C=O) groups excluding carboxylic acids is 1. The smallest absolute Gasteiger partial charge is 0.282 e. The Morgan fingerprint density at radius 2 is 1.48 bits per heavy atom. The van der Waals surface area contributed by atoms with Gasteiger partial charge in [0.25, 0.3) is 5.56 Å². The summed E-state index contributed by atoms with van der Waals surface area (Å²) >= 11 is 0. The summed E-state index contributed by atoms with van der Waals surface area (Å²) in [6.45, 7) is 1.12. The van der Waals surface area contributed by atoms with Gasteiger partial charge in [-0.1, -0.05) is 0 Å². The highest BCUT2D eigenvalue weighted by Crippen LogP contribution is 2.26. The van der Waals surface area contributed by atoms with Gasteiger partial charge in [0, 0.05) is 17.3 Å². The Hall–Kier alpha value is -3.81. The van der Waals surface area contributed by atoms with Crippen LogP contribution in [0.25, 0.3) is 5.69 Å². The number of nitrogens with zero attached hydrogens (tertiary/aromatic N) is 2. The molecule has 0 unspecified atom stereocenters. The molecule has 0 saturated heterocycles. The third-order valence-electron chi connectivity index (χ3n) is 4.00. The van der Waals surface area contributed by atoms with Gasteiger partial charge in [0.2, 0.25) is 5.78 Å². The van der Waals surface area contributed by atoms with Crippen molar-refractivity contribution in [3.63, 3.8) is 0 Å². The third kappa shape index (κ3) is 3.08. The zero-order valence-electron chi connectivity index (χ0n) is 14.2. The van der Waals surface area contributed by atoms with Crippen LogP contribution in [-0.2, 0) is 0 Å². The molecule has 0 bridgehead atoms. The fraction of sp³-hybridized carbons (Fsp3) is 0.0556. The molecule has 0 aliphatic heterocycles. The molecule has 3 aromatic rings. The summed E-state index contributed by atoms with van der Waals surface area (Å²) in [7, 11) is 0. The van der Waals surface area contributed by atoms with Gasteiger partial charge in [0.15, 0.2) is 23.3 Å². The molecule has 3 rings (SSSR count). The maximum atomic E-state index is 14.2. The topological polar surface area (TPSA) is 78.7 Å². The van der Waals surface area contributed by atoms with Crippen molar-refractivity contribution in [1.82, 2.24) is 9.78 Å². The van der Waals surface area contributed by atoms with Crippen molar-refractivity contribution in [2.75, 3.05) is 0 Å². The van der Waals surface area contributed by atoms with Gasteiger partial charge in [-0.2, -0.15) is 5.26 Å². The minimum absolute atomic E-state index is 0.0240.